The topological polar surface area (TPSA) is 71.5 Å². The van der Waals surface area contributed by atoms with Crippen LogP contribution in [0.2, 0.25) is 0 Å². The molecular weight excluding hydrogens is 485 g/mol. The summed E-state index contributed by atoms with van der Waals surface area (Å²) < 4.78 is 44.2. The zero-order chi connectivity index (χ0) is 24.6. The normalized spacial score (nSPS) is 14.1. The quantitative estimate of drug-likeness (QED) is 0.330. The molecule has 10 heteroatoms. The van der Waals surface area contributed by atoms with Crippen LogP contribution in [0.5, 0.6) is 5.75 Å². The summed E-state index contributed by atoms with van der Waals surface area (Å²) in [6, 6.07) is 14.7. The zero-order valence-electron chi connectivity index (χ0n) is 18.5. The summed E-state index contributed by atoms with van der Waals surface area (Å²) in [7, 11) is 1.51. The van der Waals surface area contributed by atoms with Crippen molar-refractivity contribution in [3.05, 3.63) is 59.5 Å². The molecule has 0 atom stereocenters. The predicted molar refractivity (Wildman–Crippen MR) is 130 cm³/mol. The minimum absolute atomic E-state index is 0.183. The summed E-state index contributed by atoms with van der Waals surface area (Å²) in [4.78, 5) is 15.6. The molecule has 1 aliphatic carbocycles. The van der Waals surface area contributed by atoms with Crippen LogP contribution < -0.4 is 9.46 Å². The van der Waals surface area contributed by atoms with Crippen LogP contribution in [0.3, 0.4) is 0 Å². The first-order valence-electron chi connectivity index (χ1n) is 10.7. The highest BCUT2D eigenvalue weighted by Crippen LogP contribution is 2.37. The van der Waals surface area contributed by atoms with Crippen LogP contribution in [0.4, 0.5) is 18.9 Å². The lowest BCUT2D eigenvalue weighted by Crippen LogP contribution is -2.24. The number of aromatic nitrogens is 1. The number of carbonyl (C=O) groups is 1. The number of anilines is 1. The van der Waals surface area contributed by atoms with Crippen molar-refractivity contribution >= 4 is 34.9 Å². The number of nitrogens with one attached hydrogen (secondary N) is 1. The molecule has 0 amide bonds. The number of carboxylic acid groups (broad SMARTS) is 1. The number of hydrogen-bond donors (Lipinski definition) is 2. The lowest BCUT2D eigenvalue weighted by atomic mass is 9.89. The van der Waals surface area contributed by atoms with E-state index in [0.29, 0.717) is 24.3 Å². The molecular formula is C24H25F3N2O3S2. The van der Waals surface area contributed by atoms with E-state index in [2.05, 4.69) is 9.71 Å². The van der Waals surface area contributed by atoms with Gasteiger partial charge in [0.2, 0.25) is 0 Å². The Morgan fingerprint density at radius 3 is 2.44 bits per heavy atom. The highest BCUT2D eigenvalue weighted by atomic mass is 32.2. The highest BCUT2D eigenvalue weighted by Gasteiger charge is 2.39. The van der Waals surface area contributed by atoms with Crippen LogP contribution in [-0.4, -0.2) is 29.3 Å². The van der Waals surface area contributed by atoms with Gasteiger partial charge in [0.15, 0.2) is 0 Å². The van der Waals surface area contributed by atoms with E-state index in [-0.39, 0.29) is 5.56 Å². The predicted octanol–water partition coefficient (Wildman–Crippen LogP) is 7.77. The van der Waals surface area contributed by atoms with E-state index in [9.17, 15) is 18.0 Å². The standard InChI is InChI=1S/C17H14N2O3S2.C7H11F3/c1-22-14-9-12(17(20)21)7-8-13(14)19-24-15-10-23-16(18-15)11-5-3-2-4-6-11;8-7(9,10)6-4-2-1-3-5-6/h2-10,19H,1H3,(H,20,21);6H,1-5H2. The molecule has 1 aliphatic rings. The van der Waals surface area contributed by atoms with Gasteiger partial charge in [0.1, 0.15) is 15.8 Å². The average molecular weight is 511 g/mol. The Labute approximate surface area is 204 Å². The van der Waals surface area contributed by atoms with Crippen molar-refractivity contribution < 1.29 is 27.8 Å². The van der Waals surface area contributed by atoms with Gasteiger partial charge in [-0.15, -0.1) is 11.3 Å². The third-order valence-electron chi connectivity index (χ3n) is 5.29. The molecule has 182 valence electrons. The number of rotatable bonds is 6. The fraction of sp³-hybridized carbons (Fsp3) is 0.333. The molecule has 0 aliphatic heterocycles. The van der Waals surface area contributed by atoms with Gasteiger partial charge >= 0.3 is 12.1 Å². The molecule has 0 bridgehead atoms. The Morgan fingerprint density at radius 2 is 1.85 bits per heavy atom. The molecule has 0 saturated heterocycles. The largest absolute Gasteiger partial charge is 0.495 e. The van der Waals surface area contributed by atoms with Gasteiger partial charge in [-0.25, -0.2) is 9.78 Å². The number of aromatic carboxylic acids is 1. The Morgan fingerprint density at radius 1 is 1.15 bits per heavy atom. The monoisotopic (exact) mass is 510 g/mol. The second-order valence-electron chi connectivity index (χ2n) is 7.66. The van der Waals surface area contributed by atoms with Gasteiger partial charge in [0.25, 0.3) is 0 Å². The average Bonchev–Trinajstić information content (AvgIpc) is 3.33. The van der Waals surface area contributed by atoms with Gasteiger partial charge in [0, 0.05) is 22.9 Å². The number of methoxy groups -OCH3 is 1. The van der Waals surface area contributed by atoms with E-state index < -0.39 is 18.1 Å². The Kier molecular flexibility index (Phi) is 9.23. The number of thiazole rings is 1. The lowest BCUT2D eigenvalue weighted by molar-refractivity contribution is -0.181. The van der Waals surface area contributed by atoms with Crippen LogP contribution in [0.15, 0.2) is 58.9 Å². The fourth-order valence-corrected chi connectivity index (χ4v) is 5.07. The third-order valence-corrected chi connectivity index (χ3v) is 7.07. The number of carboxylic acids is 1. The van der Waals surface area contributed by atoms with E-state index in [1.807, 2.05) is 35.7 Å². The summed E-state index contributed by atoms with van der Waals surface area (Å²) in [5.74, 6) is -1.51. The summed E-state index contributed by atoms with van der Waals surface area (Å²) >= 11 is 2.93. The smallest absolute Gasteiger partial charge is 0.391 e. The minimum Gasteiger partial charge on any atom is -0.495 e. The van der Waals surface area contributed by atoms with Crippen LogP contribution in [0.1, 0.15) is 42.5 Å². The van der Waals surface area contributed by atoms with Crippen molar-refractivity contribution in [2.75, 3.05) is 11.8 Å². The number of hydrogen-bond acceptors (Lipinski definition) is 6. The van der Waals surface area contributed by atoms with Crippen molar-refractivity contribution in [2.45, 2.75) is 43.3 Å². The molecule has 4 rings (SSSR count). The number of alkyl halides is 3. The Bertz CT molecular complexity index is 1070. The maximum atomic E-state index is 11.9. The highest BCUT2D eigenvalue weighted by molar-refractivity contribution is 8.00. The molecule has 34 heavy (non-hydrogen) atoms. The Balaban J connectivity index is 0.000000271. The van der Waals surface area contributed by atoms with Crippen LogP contribution in [-0.2, 0) is 0 Å². The molecule has 2 aromatic carbocycles. The summed E-state index contributed by atoms with van der Waals surface area (Å²) in [6.45, 7) is 0. The number of halogens is 3. The first kappa shape index (κ1) is 25.9. The van der Waals surface area contributed by atoms with Gasteiger partial charge < -0.3 is 14.6 Å². The van der Waals surface area contributed by atoms with Crippen molar-refractivity contribution in [2.24, 2.45) is 5.92 Å². The van der Waals surface area contributed by atoms with Crippen molar-refractivity contribution in [3.8, 4) is 16.3 Å². The zero-order valence-corrected chi connectivity index (χ0v) is 20.1. The molecule has 0 spiro atoms. The lowest BCUT2D eigenvalue weighted by Gasteiger charge is -2.23. The maximum Gasteiger partial charge on any atom is 0.391 e. The van der Waals surface area contributed by atoms with Crippen molar-refractivity contribution in [1.82, 2.24) is 4.98 Å². The van der Waals surface area contributed by atoms with Gasteiger partial charge in [-0.05, 0) is 31.0 Å². The van der Waals surface area contributed by atoms with Crippen molar-refractivity contribution in [3.63, 3.8) is 0 Å². The van der Waals surface area contributed by atoms with E-state index in [1.54, 1.807) is 17.4 Å². The number of benzene rings is 2. The second kappa shape index (κ2) is 12.1. The maximum absolute atomic E-state index is 11.9. The fourth-order valence-electron chi connectivity index (χ4n) is 3.46. The van der Waals surface area contributed by atoms with E-state index >= 15 is 0 Å². The number of ether oxygens (including phenoxy) is 1. The van der Waals surface area contributed by atoms with E-state index in [0.717, 1.165) is 34.9 Å². The van der Waals surface area contributed by atoms with Gasteiger partial charge in [0.05, 0.1) is 24.3 Å². The second-order valence-corrected chi connectivity index (χ2v) is 9.34. The van der Waals surface area contributed by atoms with Gasteiger partial charge in [-0.3, -0.25) is 0 Å². The van der Waals surface area contributed by atoms with E-state index in [4.69, 9.17) is 9.84 Å². The molecule has 1 saturated carbocycles. The molecule has 1 fully saturated rings. The molecule has 0 radical (unpaired) electrons. The van der Waals surface area contributed by atoms with Gasteiger partial charge in [-0.2, -0.15) is 13.2 Å². The van der Waals surface area contributed by atoms with E-state index in [1.165, 1.54) is 31.2 Å². The number of nitrogens with zero attached hydrogens (tertiary/aromatic N) is 1. The summed E-state index contributed by atoms with van der Waals surface area (Å²) in [5, 5.41) is 12.8. The first-order chi connectivity index (χ1) is 16.3. The Hall–Kier alpha value is -2.72. The third kappa shape index (κ3) is 7.39. The van der Waals surface area contributed by atoms with Gasteiger partial charge in [-0.1, -0.05) is 49.6 Å². The molecule has 1 heterocycles. The minimum atomic E-state index is -3.93. The summed E-state index contributed by atoms with van der Waals surface area (Å²) in [6.07, 6.45) is -0.742. The molecule has 1 aromatic heterocycles. The van der Waals surface area contributed by atoms with Crippen molar-refractivity contribution in [1.29, 1.82) is 0 Å². The van der Waals surface area contributed by atoms with Crippen LogP contribution >= 0.6 is 23.3 Å². The molecule has 3 aromatic rings. The SMILES string of the molecule is COc1cc(C(=O)O)ccc1NSc1csc(-c2ccccc2)n1.FC(F)(F)C1CCCCC1. The molecule has 0 unspecified atom stereocenters. The molecule has 2 N–H and O–H groups in total. The van der Waals surface area contributed by atoms with Crippen LogP contribution in [0.25, 0.3) is 10.6 Å². The molecule has 5 nitrogen and oxygen atoms in total. The van der Waals surface area contributed by atoms with Crippen LogP contribution in [0, 0.1) is 5.92 Å². The summed E-state index contributed by atoms with van der Waals surface area (Å²) in [5.41, 5.74) is 1.96. The first-order valence-corrected chi connectivity index (χ1v) is 12.4.